The topological polar surface area (TPSA) is 152 Å². The SMILES string of the molecule is O=C(NC[C@H](NS(=O)(=O)c1ccccc1)C(=O)O)c1ccc(N2CCCC2CNC2=NCCCN2)cc1. The van der Waals surface area contributed by atoms with Crippen LogP contribution in [0.5, 0.6) is 0 Å². The number of anilines is 1. The van der Waals surface area contributed by atoms with E-state index < -0.39 is 34.5 Å². The number of carbonyl (C=O) groups excluding carboxylic acids is 1. The summed E-state index contributed by atoms with van der Waals surface area (Å²) in [5, 5.41) is 18.7. The second kappa shape index (κ2) is 12.1. The van der Waals surface area contributed by atoms with Crippen LogP contribution >= 0.6 is 0 Å². The molecule has 2 aromatic carbocycles. The summed E-state index contributed by atoms with van der Waals surface area (Å²) in [4.78, 5) is 31.0. The van der Waals surface area contributed by atoms with E-state index in [1.54, 1.807) is 30.3 Å². The Balaban J connectivity index is 1.32. The van der Waals surface area contributed by atoms with E-state index >= 15 is 0 Å². The number of benzene rings is 2. The Hall–Kier alpha value is -3.64. The van der Waals surface area contributed by atoms with Crippen molar-refractivity contribution in [3.63, 3.8) is 0 Å². The first kappa shape index (κ1) is 26.4. The number of aliphatic carboxylic acids is 1. The van der Waals surface area contributed by atoms with Gasteiger partial charge in [0.05, 0.1) is 4.90 Å². The highest BCUT2D eigenvalue weighted by Gasteiger charge is 2.27. The quantitative estimate of drug-likeness (QED) is 0.303. The monoisotopic (exact) mass is 528 g/mol. The number of nitrogens with zero attached hydrogens (tertiary/aromatic N) is 2. The number of sulfonamides is 1. The lowest BCUT2D eigenvalue weighted by Crippen LogP contribution is -2.48. The molecule has 1 unspecified atom stereocenters. The number of aliphatic imine (C=N–C) groups is 1. The lowest BCUT2D eigenvalue weighted by Gasteiger charge is -2.28. The third-order valence-corrected chi connectivity index (χ3v) is 7.84. The fourth-order valence-corrected chi connectivity index (χ4v) is 5.60. The van der Waals surface area contributed by atoms with Crippen molar-refractivity contribution in [1.82, 2.24) is 20.7 Å². The van der Waals surface area contributed by atoms with Crippen LogP contribution in [-0.2, 0) is 14.8 Å². The number of guanidine groups is 1. The summed E-state index contributed by atoms with van der Waals surface area (Å²) < 4.78 is 27.1. The summed E-state index contributed by atoms with van der Waals surface area (Å²) >= 11 is 0. The highest BCUT2D eigenvalue weighted by atomic mass is 32.2. The molecule has 1 amide bonds. The van der Waals surface area contributed by atoms with Gasteiger partial charge in [0.2, 0.25) is 10.0 Å². The Morgan fingerprint density at radius 2 is 1.86 bits per heavy atom. The summed E-state index contributed by atoms with van der Waals surface area (Å²) in [6, 6.07) is 13.4. The maximum absolute atomic E-state index is 12.7. The van der Waals surface area contributed by atoms with Crippen molar-refractivity contribution in [3.05, 3.63) is 60.2 Å². The van der Waals surface area contributed by atoms with Crippen LogP contribution in [0.15, 0.2) is 64.5 Å². The van der Waals surface area contributed by atoms with Gasteiger partial charge in [0.15, 0.2) is 5.96 Å². The van der Waals surface area contributed by atoms with E-state index in [9.17, 15) is 23.1 Å². The summed E-state index contributed by atoms with van der Waals surface area (Å²) in [5.41, 5.74) is 1.35. The molecule has 12 heteroatoms. The van der Waals surface area contributed by atoms with Gasteiger partial charge in [-0.15, -0.1) is 0 Å². The molecule has 2 heterocycles. The molecule has 0 aromatic heterocycles. The van der Waals surface area contributed by atoms with E-state index in [4.69, 9.17) is 0 Å². The maximum Gasteiger partial charge on any atom is 0.323 e. The van der Waals surface area contributed by atoms with E-state index in [1.807, 2.05) is 12.1 Å². The Kier molecular flexibility index (Phi) is 8.62. The standard InChI is InChI=1S/C25H32N6O5S/c32-23(28-17-22(24(33)34)30-37(35,36)21-7-2-1-3-8-21)18-9-11-19(12-10-18)31-15-4-6-20(31)16-29-25-26-13-5-14-27-25/h1-3,7-12,20,22,30H,4-6,13-17H2,(H,28,32)(H,33,34)(H2,26,27,29)/t20?,22-/m0/s1. The van der Waals surface area contributed by atoms with E-state index in [0.29, 0.717) is 11.6 Å². The first-order valence-electron chi connectivity index (χ1n) is 12.3. The zero-order valence-electron chi connectivity index (χ0n) is 20.4. The molecule has 198 valence electrons. The second-order valence-electron chi connectivity index (χ2n) is 8.96. The smallest absolute Gasteiger partial charge is 0.323 e. The van der Waals surface area contributed by atoms with Crippen LogP contribution < -0.4 is 25.6 Å². The molecule has 37 heavy (non-hydrogen) atoms. The van der Waals surface area contributed by atoms with Gasteiger partial charge in [-0.1, -0.05) is 18.2 Å². The van der Waals surface area contributed by atoms with Crippen LogP contribution in [0.3, 0.4) is 0 Å². The molecule has 4 rings (SSSR count). The minimum atomic E-state index is -4.05. The Morgan fingerprint density at radius 3 is 2.54 bits per heavy atom. The van der Waals surface area contributed by atoms with Crippen LogP contribution in [0.2, 0.25) is 0 Å². The molecule has 2 aliphatic rings. The number of carboxylic acid groups (broad SMARTS) is 1. The normalized spacial score (nSPS) is 18.4. The lowest BCUT2D eigenvalue weighted by atomic mass is 10.1. The summed E-state index contributed by atoms with van der Waals surface area (Å²) in [7, 11) is -4.05. The van der Waals surface area contributed by atoms with E-state index in [2.05, 4.69) is 30.6 Å². The van der Waals surface area contributed by atoms with Gasteiger partial charge in [0, 0.05) is 50.0 Å². The van der Waals surface area contributed by atoms with Crippen molar-refractivity contribution < 1.29 is 23.1 Å². The number of nitrogens with one attached hydrogen (secondary N) is 4. The summed E-state index contributed by atoms with van der Waals surface area (Å²) in [6.07, 6.45) is 3.17. The largest absolute Gasteiger partial charge is 0.480 e. The molecule has 0 saturated carbocycles. The van der Waals surface area contributed by atoms with Crippen LogP contribution in [0.4, 0.5) is 5.69 Å². The molecule has 1 fully saturated rings. The van der Waals surface area contributed by atoms with Crippen molar-refractivity contribution >= 4 is 33.5 Å². The predicted molar refractivity (Wildman–Crippen MR) is 140 cm³/mol. The fourth-order valence-electron chi connectivity index (χ4n) is 4.39. The Labute approximate surface area is 216 Å². The predicted octanol–water partition coefficient (Wildman–Crippen LogP) is 0.756. The number of carbonyl (C=O) groups is 2. The fraction of sp³-hybridized carbons (Fsp3) is 0.400. The van der Waals surface area contributed by atoms with Crippen LogP contribution in [-0.4, -0.2) is 76.2 Å². The molecule has 11 nitrogen and oxygen atoms in total. The second-order valence-corrected chi connectivity index (χ2v) is 10.7. The van der Waals surface area contributed by atoms with Crippen molar-refractivity contribution in [2.75, 3.05) is 37.6 Å². The van der Waals surface area contributed by atoms with Crippen LogP contribution in [0.1, 0.15) is 29.6 Å². The van der Waals surface area contributed by atoms with E-state index in [0.717, 1.165) is 57.1 Å². The highest BCUT2D eigenvalue weighted by molar-refractivity contribution is 7.89. The molecule has 0 spiro atoms. The number of hydrogen-bond donors (Lipinski definition) is 5. The van der Waals surface area contributed by atoms with E-state index in [-0.39, 0.29) is 4.90 Å². The average molecular weight is 529 g/mol. The average Bonchev–Trinajstić information content (AvgIpc) is 3.39. The molecule has 2 atom stereocenters. The Morgan fingerprint density at radius 1 is 1.11 bits per heavy atom. The molecule has 1 saturated heterocycles. The first-order chi connectivity index (χ1) is 17.8. The van der Waals surface area contributed by atoms with Crippen molar-refractivity contribution in [2.24, 2.45) is 4.99 Å². The number of rotatable bonds is 10. The van der Waals surface area contributed by atoms with Gasteiger partial charge in [0.25, 0.3) is 5.91 Å². The molecular weight excluding hydrogens is 496 g/mol. The third-order valence-electron chi connectivity index (χ3n) is 6.36. The number of hydrogen-bond acceptors (Lipinski definition) is 8. The zero-order chi connectivity index (χ0) is 26.3. The van der Waals surface area contributed by atoms with E-state index in [1.165, 1.54) is 12.1 Å². The summed E-state index contributed by atoms with van der Waals surface area (Å²) in [5.74, 6) is -1.04. The van der Waals surface area contributed by atoms with Crippen LogP contribution in [0, 0.1) is 0 Å². The minimum Gasteiger partial charge on any atom is -0.480 e. The van der Waals surface area contributed by atoms with Crippen molar-refractivity contribution in [2.45, 2.75) is 36.2 Å². The molecule has 0 bridgehead atoms. The van der Waals surface area contributed by atoms with Crippen molar-refractivity contribution in [3.8, 4) is 0 Å². The molecule has 2 aromatic rings. The van der Waals surface area contributed by atoms with Gasteiger partial charge < -0.3 is 26.0 Å². The highest BCUT2D eigenvalue weighted by Crippen LogP contribution is 2.25. The maximum atomic E-state index is 12.7. The van der Waals surface area contributed by atoms with Gasteiger partial charge in [0.1, 0.15) is 6.04 Å². The van der Waals surface area contributed by atoms with Gasteiger partial charge >= 0.3 is 5.97 Å². The van der Waals surface area contributed by atoms with Crippen molar-refractivity contribution in [1.29, 1.82) is 0 Å². The van der Waals surface area contributed by atoms with Gasteiger partial charge in [-0.25, -0.2) is 8.42 Å². The minimum absolute atomic E-state index is 0.0541. The van der Waals surface area contributed by atoms with Crippen LogP contribution in [0.25, 0.3) is 0 Å². The molecule has 0 aliphatic carbocycles. The lowest BCUT2D eigenvalue weighted by molar-refractivity contribution is -0.138. The Bertz CT molecular complexity index is 1220. The molecule has 0 radical (unpaired) electrons. The van der Waals surface area contributed by atoms with Gasteiger partial charge in [-0.3, -0.25) is 14.6 Å². The molecule has 5 N–H and O–H groups in total. The zero-order valence-corrected chi connectivity index (χ0v) is 21.2. The molecular formula is C25H32N6O5S. The van der Waals surface area contributed by atoms with Gasteiger partial charge in [-0.05, 0) is 55.7 Å². The van der Waals surface area contributed by atoms with Gasteiger partial charge in [-0.2, -0.15) is 4.72 Å². The number of carboxylic acids is 1. The number of amides is 1. The first-order valence-corrected chi connectivity index (χ1v) is 13.8. The molecule has 2 aliphatic heterocycles. The summed E-state index contributed by atoms with van der Waals surface area (Å²) in [6.45, 7) is 3.04. The third kappa shape index (κ3) is 6.98.